The summed E-state index contributed by atoms with van der Waals surface area (Å²) in [6.45, 7) is 8.21. The maximum atomic E-state index is 13.2. The zero-order valence-corrected chi connectivity index (χ0v) is 16.3. The predicted octanol–water partition coefficient (Wildman–Crippen LogP) is 2.04. The van der Waals surface area contributed by atoms with E-state index in [2.05, 4.69) is 6.58 Å². The van der Waals surface area contributed by atoms with E-state index in [4.69, 9.17) is 4.74 Å². The molecule has 2 atom stereocenters. The maximum absolute atomic E-state index is 13.2. The fourth-order valence-electron chi connectivity index (χ4n) is 3.47. The van der Waals surface area contributed by atoms with Gasteiger partial charge in [-0.15, -0.1) is 0 Å². The molecule has 0 bridgehead atoms. The molecule has 1 aromatic carbocycles. The van der Waals surface area contributed by atoms with E-state index in [1.165, 1.54) is 13.2 Å². The first-order chi connectivity index (χ1) is 12.9. The standard InChI is InChI=1S/C21H28N2O4/c1-5-19(24)22-11-12-23(20(25)17(22)13-15(2)3)18(21(26)27-4)14-16-9-7-6-8-10-16/h5-10,15,17-18H,1,11-14H2,2-4H3/t17-,18?/m0/s1. The van der Waals surface area contributed by atoms with E-state index in [1.54, 1.807) is 9.80 Å². The van der Waals surface area contributed by atoms with Gasteiger partial charge in [0.2, 0.25) is 11.8 Å². The molecule has 1 fully saturated rings. The van der Waals surface area contributed by atoms with Crippen molar-refractivity contribution in [3.05, 3.63) is 48.6 Å². The minimum Gasteiger partial charge on any atom is -0.467 e. The lowest BCUT2D eigenvalue weighted by Gasteiger charge is -2.43. The number of amides is 2. The summed E-state index contributed by atoms with van der Waals surface area (Å²) in [4.78, 5) is 41.0. The first kappa shape index (κ1) is 20.7. The monoisotopic (exact) mass is 372 g/mol. The molecule has 6 heteroatoms. The Morgan fingerprint density at radius 2 is 1.93 bits per heavy atom. The zero-order chi connectivity index (χ0) is 20.0. The van der Waals surface area contributed by atoms with Crippen LogP contribution in [0.25, 0.3) is 0 Å². The van der Waals surface area contributed by atoms with E-state index in [0.717, 1.165) is 5.56 Å². The van der Waals surface area contributed by atoms with Crippen molar-refractivity contribution in [2.45, 2.75) is 38.8 Å². The van der Waals surface area contributed by atoms with Crippen LogP contribution in [0.1, 0.15) is 25.8 Å². The number of carbonyl (C=O) groups is 3. The Labute approximate surface area is 160 Å². The Balaban J connectivity index is 2.30. The molecule has 0 aromatic heterocycles. The molecule has 146 valence electrons. The topological polar surface area (TPSA) is 66.9 Å². The van der Waals surface area contributed by atoms with Crippen molar-refractivity contribution in [2.75, 3.05) is 20.2 Å². The maximum Gasteiger partial charge on any atom is 0.328 e. The van der Waals surface area contributed by atoms with Crippen molar-refractivity contribution in [3.8, 4) is 0 Å². The van der Waals surface area contributed by atoms with Crippen LogP contribution < -0.4 is 0 Å². The largest absolute Gasteiger partial charge is 0.467 e. The average Bonchev–Trinajstić information content (AvgIpc) is 2.67. The highest BCUT2D eigenvalue weighted by Crippen LogP contribution is 2.23. The van der Waals surface area contributed by atoms with Crippen molar-refractivity contribution in [2.24, 2.45) is 5.92 Å². The molecule has 1 heterocycles. The number of hydrogen-bond donors (Lipinski definition) is 0. The lowest BCUT2D eigenvalue weighted by Crippen LogP contribution is -2.62. The summed E-state index contributed by atoms with van der Waals surface area (Å²) in [5, 5.41) is 0. The minimum absolute atomic E-state index is 0.212. The van der Waals surface area contributed by atoms with Gasteiger partial charge in [0.25, 0.3) is 0 Å². The fraction of sp³-hybridized carbons (Fsp3) is 0.476. The minimum atomic E-state index is -0.708. The van der Waals surface area contributed by atoms with E-state index in [1.807, 2.05) is 44.2 Å². The molecule has 27 heavy (non-hydrogen) atoms. The Bertz CT molecular complexity index is 687. The molecule has 0 radical (unpaired) electrons. The van der Waals surface area contributed by atoms with E-state index in [0.29, 0.717) is 25.9 Å². The molecular weight excluding hydrogens is 344 g/mol. The third-order valence-corrected chi connectivity index (χ3v) is 4.80. The van der Waals surface area contributed by atoms with Crippen molar-refractivity contribution in [1.82, 2.24) is 9.80 Å². The summed E-state index contributed by atoms with van der Waals surface area (Å²) in [6, 6.07) is 8.24. The van der Waals surface area contributed by atoms with Crippen molar-refractivity contribution in [3.63, 3.8) is 0 Å². The number of ether oxygens (including phenoxy) is 1. The van der Waals surface area contributed by atoms with Crippen LogP contribution in [0.5, 0.6) is 0 Å². The van der Waals surface area contributed by atoms with Gasteiger partial charge in [0, 0.05) is 19.5 Å². The van der Waals surface area contributed by atoms with Crippen LogP contribution in [0, 0.1) is 5.92 Å². The van der Waals surface area contributed by atoms with Crippen LogP contribution >= 0.6 is 0 Å². The van der Waals surface area contributed by atoms with Crippen LogP contribution in [0.3, 0.4) is 0 Å². The highest BCUT2D eigenvalue weighted by atomic mass is 16.5. The number of rotatable bonds is 7. The van der Waals surface area contributed by atoms with E-state index in [-0.39, 0.29) is 17.7 Å². The highest BCUT2D eigenvalue weighted by molar-refractivity contribution is 5.95. The van der Waals surface area contributed by atoms with Gasteiger partial charge in [-0.1, -0.05) is 50.8 Å². The molecule has 0 N–H and O–H groups in total. The third-order valence-electron chi connectivity index (χ3n) is 4.80. The molecule has 0 saturated carbocycles. The summed E-state index contributed by atoms with van der Waals surface area (Å²) in [6.07, 6.45) is 2.15. The molecular formula is C21H28N2O4. The van der Waals surface area contributed by atoms with Crippen LogP contribution in [0.15, 0.2) is 43.0 Å². The Hall–Kier alpha value is -2.63. The smallest absolute Gasteiger partial charge is 0.328 e. The number of carbonyl (C=O) groups excluding carboxylic acids is 3. The first-order valence-electron chi connectivity index (χ1n) is 9.24. The average molecular weight is 372 g/mol. The summed E-state index contributed by atoms with van der Waals surface area (Å²) in [5.74, 6) is -0.688. The van der Waals surface area contributed by atoms with E-state index >= 15 is 0 Å². The Morgan fingerprint density at radius 1 is 1.26 bits per heavy atom. The third kappa shape index (κ3) is 4.96. The number of benzene rings is 1. The molecule has 0 aliphatic carbocycles. The molecule has 6 nitrogen and oxygen atoms in total. The van der Waals surface area contributed by atoms with Crippen LogP contribution in [-0.2, 0) is 25.5 Å². The van der Waals surface area contributed by atoms with Gasteiger partial charge in [-0.05, 0) is 24.0 Å². The molecule has 0 spiro atoms. The summed E-state index contributed by atoms with van der Waals surface area (Å²) >= 11 is 0. The molecule has 2 amide bonds. The normalized spacial score (nSPS) is 18.4. The number of esters is 1. The van der Waals surface area contributed by atoms with Crippen molar-refractivity contribution >= 4 is 17.8 Å². The van der Waals surface area contributed by atoms with Gasteiger partial charge in [0.05, 0.1) is 7.11 Å². The molecule has 1 aromatic rings. The Morgan fingerprint density at radius 3 is 2.48 bits per heavy atom. The lowest BCUT2D eigenvalue weighted by atomic mass is 9.96. The molecule has 1 aliphatic heterocycles. The second-order valence-electron chi connectivity index (χ2n) is 7.14. The van der Waals surface area contributed by atoms with Gasteiger partial charge >= 0.3 is 5.97 Å². The van der Waals surface area contributed by atoms with Crippen molar-refractivity contribution < 1.29 is 19.1 Å². The summed E-state index contributed by atoms with van der Waals surface area (Å²) < 4.78 is 4.97. The number of piperazine rings is 1. The quantitative estimate of drug-likeness (QED) is 0.543. The molecule has 1 aliphatic rings. The second-order valence-corrected chi connectivity index (χ2v) is 7.14. The van der Waals surface area contributed by atoms with Crippen LogP contribution in [0.4, 0.5) is 0 Å². The van der Waals surface area contributed by atoms with Crippen LogP contribution in [0.2, 0.25) is 0 Å². The van der Waals surface area contributed by atoms with Crippen molar-refractivity contribution in [1.29, 1.82) is 0 Å². The van der Waals surface area contributed by atoms with Gasteiger partial charge in [-0.25, -0.2) is 4.79 Å². The Kier molecular flexibility index (Phi) is 7.16. The van der Waals surface area contributed by atoms with E-state index < -0.39 is 18.1 Å². The summed E-state index contributed by atoms with van der Waals surface area (Å²) in [5.41, 5.74) is 0.950. The van der Waals surface area contributed by atoms with Gasteiger partial charge in [-0.2, -0.15) is 0 Å². The van der Waals surface area contributed by atoms with E-state index in [9.17, 15) is 14.4 Å². The lowest BCUT2D eigenvalue weighted by molar-refractivity contribution is -0.160. The van der Waals surface area contributed by atoms with Gasteiger partial charge in [0.1, 0.15) is 12.1 Å². The van der Waals surface area contributed by atoms with Gasteiger partial charge < -0.3 is 14.5 Å². The highest BCUT2D eigenvalue weighted by Gasteiger charge is 2.41. The zero-order valence-electron chi connectivity index (χ0n) is 16.3. The fourth-order valence-corrected chi connectivity index (χ4v) is 3.47. The SMILES string of the molecule is C=CC(=O)N1CCN(C(Cc2ccccc2)C(=O)OC)C(=O)[C@@H]1CC(C)C. The predicted molar refractivity (Wildman–Crippen MR) is 103 cm³/mol. The van der Waals surface area contributed by atoms with Gasteiger partial charge in [0.15, 0.2) is 0 Å². The van der Waals surface area contributed by atoms with Gasteiger partial charge in [-0.3, -0.25) is 9.59 Å². The number of nitrogens with zero attached hydrogens (tertiary/aromatic N) is 2. The van der Waals surface area contributed by atoms with Crippen LogP contribution in [-0.4, -0.2) is 59.9 Å². The molecule has 1 unspecified atom stereocenters. The molecule has 1 saturated heterocycles. The number of methoxy groups -OCH3 is 1. The second kappa shape index (κ2) is 9.35. The number of hydrogen-bond acceptors (Lipinski definition) is 4. The molecule has 2 rings (SSSR count). The first-order valence-corrected chi connectivity index (χ1v) is 9.24. The summed E-state index contributed by atoms with van der Waals surface area (Å²) in [7, 11) is 1.33.